The van der Waals surface area contributed by atoms with Gasteiger partial charge in [-0.3, -0.25) is 0 Å². The fourth-order valence-electron chi connectivity index (χ4n) is 0. The second-order valence-electron chi connectivity index (χ2n) is 5.30. The summed E-state index contributed by atoms with van der Waals surface area (Å²) in [5, 5.41) is 0. The van der Waals surface area contributed by atoms with Gasteiger partial charge in [-0.1, -0.05) is 124 Å². The summed E-state index contributed by atoms with van der Waals surface area (Å²) in [4.78, 5) is 0. The minimum atomic E-state index is 1.50. The van der Waals surface area contributed by atoms with Crippen LogP contribution in [0.1, 0.15) is 124 Å². The van der Waals surface area contributed by atoms with Gasteiger partial charge < -0.3 is 0 Å². The Hall–Kier alpha value is 0. The maximum atomic E-state index is 2.00. The number of hydrogen-bond acceptors (Lipinski definition) is 0. The lowest BCUT2D eigenvalue weighted by molar-refractivity contribution is 1.50. The van der Waals surface area contributed by atoms with Crippen LogP contribution in [0.5, 0.6) is 0 Å². The van der Waals surface area contributed by atoms with Crippen molar-refractivity contribution in [3.63, 3.8) is 0 Å². The summed E-state index contributed by atoms with van der Waals surface area (Å²) in [6.07, 6.45) is 22.5. The summed E-state index contributed by atoms with van der Waals surface area (Å²) < 4.78 is 0. The molecule has 0 bridgehead atoms. The normalized spacial score (nSPS) is 19.6. The molecule has 0 aromatic rings. The summed E-state index contributed by atoms with van der Waals surface area (Å²) in [7, 11) is 0. The predicted molar refractivity (Wildman–Crippen MR) is 92.0 cm³/mol. The van der Waals surface area contributed by atoms with Crippen molar-refractivity contribution < 1.29 is 0 Å². The Labute approximate surface area is 124 Å². The zero-order valence-electron chi connectivity index (χ0n) is 14.6. The van der Waals surface area contributed by atoms with E-state index in [1.807, 2.05) is 27.7 Å². The smallest absolute Gasteiger partial charge is 0.0533 e. The van der Waals surface area contributed by atoms with Crippen LogP contribution in [0, 0.1) is 0 Å². The summed E-state index contributed by atoms with van der Waals surface area (Å²) in [6, 6.07) is 0. The molecule has 5 saturated carbocycles. The second-order valence-corrected chi connectivity index (χ2v) is 5.30. The van der Waals surface area contributed by atoms with Crippen LogP contribution in [-0.4, -0.2) is 0 Å². The first-order valence-electron chi connectivity index (χ1n) is 9.50. The molecule has 0 nitrogen and oxygen atoms in total. The fraction of sp³-hybridized carbons (Fsp3) is 1.00. The molecule has 5 rings (SSSR count). The molecule has 0 aromatic heterocycles. The van der Waals surface area contributed by atoms with Crippen LogP contribution in [0.2, 0.25) is 0 Å². The molecule has 0 heterocycles. The lowest BCUT2D eigenvalue weighted by atomic mass is 11.0. The average molecular weight is 271 g/mol. The molecule has 0 radical (unpaired) electrons. The Balaban J connectivity index is 0. The van der Waals surface area contributed by atoms with Gasteiger partial charge in [0.25, 0.3) is 0 Å². The Kier molecular flexibility index (Phi) is 25.9. The van der Waals surface area contributed by atoms with E-state index in [0.29, 0.717) is 0 Å². The molecule has 118 valence electrons. The van der Waals surface area contributed by atoms with Crippen molar-refractivity contribution in [3.8, 4) is 0 Å². The highest BCUT2D eigenvalue weighted by Gasteiger charge is 1.96. The van der Waals surface area contributed by atoms with E-state index >= 15 is 0 Å². The van der Waals surface area contributed by atoms with Crippen molar-refractivity contribution in [3.05, 3.63) is 0 Å². The largest absolute Gasteiger partial charge is 0.0683 e. The molecule has 0 saturated heterocycles. The van der Waals surface area contributed by atoms with E-state index in [1.165, 1.54) is 96.3 Å². The van der Waals surface area contributed by atoms with Crippen LogP contribution in [0.15, 0.2) is 0 Å². The van der Waals surface area contributed by atoms with E-state index in [-0.39, 0.29) is 0 Å². The monoisotopic (exact) mass is 270 g/mol. The fourth-order valence-corrected chi connectivity index (χ4v) is 0. The summed E-state index contributed by atoms with van der Waals surface area (Å²) in [5.41, 5.74) is 0. The van der Waals surface area contributed by atoms with Gasteiger partial charge >= 0.3 is 0 Å². The van der Waals surface area contributed by atoms with E-state index < -0.39 is 0 Å². The molecule has 0 aliphatic heterocycles. The summed E-state index contributed by atoms with van der Waals surface area (Å²) in [5.74, 6) is 0. The third-order valence-corrected chi connectivity index (χ3v) is 1.77. The van der Waals surface area contributed by atoms with Gasteiger partial charge in [-0.25, -0.2) is 0 Å². The van der Waals surface area contributed by atoms with E-state index in [0.717, 1.165) is 0 Å². The van der Waals surface area contributed by atoms with Gasteiger partial charge in [0, 0.05) is 0 Å². The molecule has 19 heavy (non-hydrogen) atoms. The van der Waals surface area contributed by atoms with Crippen molar-refractivity contribution in [1.82, 2.24) is 0 Å². The quantitative estimate of drug-likeness (QED) is 0.419. The van der Waals surface area contributed by atoms with Gasteiger partial charge in [0.15, 0.2) is 0 Å². The predicted octanol–water partition coefficient (Wildman–Crippen LogP) is 7.90. The summed E-state index contributed by atoms with van der Waals surface area (Å²) in [6.45, 7) is 8.00. The molecule has 0 atom stereocenters. The van der Waals surface area contributed by atoms with Gasteiger partial charge in [-0.2, -0.15) is 0 Å². The Morgan fingerprint density at radius 3 is 0.263 bits per heavy atom. The molecule has 5 aliphatic carbocycles. The van der Waals surface area contributed by atoms with Gasteiger partial charge in [0.2, 0.25) is 0 Å². The maximum absolute atomic E-state index is 2.00. The van der Waals surface area contributed by atoms with E-state index in [9.17, 15) is 0 Å². The van der Waals surface area contributed by atoms with Crippen LogP contribution >= 0.6 is 0 Å². The Bertz CT molecular complexity index is 58.6. The SMILES string of the molecule is C1CC1.C1CC1.C1CC1.C1CC1.C1CC1.CC.CC. The molecule has 5 aliphatic rings. The zero-order valence-corrected chi connectivity index (χ0v) is 14.6. The first-order valence-corrected chi connectivity index (χ1v) is 9.50. The first kappa shape index (κ1) is 21.3. The lowest BCUT2D eigenvalue weighted by Gasteiger charge is -1.07. The minimum absolute atomic E-state index is 1.50. The van der Waals surface area contributed by atoms with Crippen LogP contribution < -0.4 is 0 Å². The van der Waals surface area contributed by atoms with E-state index in [1.54, 1.807) is 0 Å². The summed E-state index contributed by atoms with van der Waals surface area (Å²) >= 11 is 0. The molecule has 0 heteroatoms. The van der Waals surface area contributed by atoms with Crippen LogP contribution in [0.4, 0.5) is 0 Å². The zero-order chi connectivity index (χ0) is 14.6. The van der Waals surface area contributed by atoms with Crippen molar-refractivity contribution in [1.29, 1.82) is 0 Å². The highest BCUT2D eigenvalue weighted by molar-refractivity contribution is 4.52. The molecule has 0 aromatic carbocycles. The average Bonchev–Trinajstić information content (AvgIpc) is 3.43. The molecule has 0 spiro atoms. The van der Waals surface area contributed by atoms with Crippen LogP contribution in [0.25, 0.3) is 0 Å². The molecular weight excluding hydrogens is 228 g/mol. The maximum Gasteiger partial charge on any atom is -0.0533 e. The highest BCUT2D eigenvalue weighted by Crippen LogP contribution is 2.16. The second kappa shape index (κ2) is 23.1. The first-order chi connectivity index (χ1) is 9.50. The van der Waals surface area contributed by atoms with Gasteiger partial charge in [0.1, 0.15) is 0 Å². The molecule has 0 amide bonds. The molecule has 0 unspecified atom stereocenters. The van der Waals surface area contributed by atoms with E-state index in [2.05, 4.69) is 0 Å². The third kappa shape index (κ3) is 184. The standard InChI is InChI=1S/5C3H6.2C2H6/c5*1-2-3-1;2*1-2/h5*1-3H2;2*1-2H3. The molecule has 0 N–H and O–H groups in total. The Morgan fingerprint density at radius 1 is 0.211 bits per heavy atom. The topological polar surface area (TPSA) is 0 Å². The van der Waals surface area contributed by atoms with Crippen LogP contribution in [0.3, 0.4) is 0 Å². The van der Waals surface area contributed by atoms with Crippen molar-refractivity contribution >= 4 is 0 Å². The molecular formula is C19H42. The number of rotatable bonds is 0. The van der Waals surface area contributed by atoms with Crippen molar-refractivity contribution in [2.75, 3.05) is 0 Å². The van der Waals surface area contributed by atoms with Gasteiger partial charge in [-0.05, 0) is 0 Å². The Morgan fingerprint density at radius 2 is 0.263 bits per heavy atom. The molecule has 5 fully saturated rings. The minimum Gasteiger partial charge on any atom is -0.0683 e. The van der Waals surface area contributed by atoms with E-state index in [4.69, 9.17) is 0 Å². The van der Waals surface area contributed by atoms with Gasteiger partial charge in [0.05, 0.1) is 0 Å². The lowest BCUT2D eigenvalue weighted by Crippen LogP contribution is -0.856. The number of hydrogen-bond donors (Lipinski definition) is 0. The van der Waals surface area contributed by atoms with Gasteiger partial charge in [-0.15, -0.1) is 0 Å². The van der Waals surface area contributed by atoms with Crippen molar-refractivity contribution in [2.24, 2.45) is 0 Å². The van der Waals surface area contributed by atoms with Crippen molar-refractivity contribution in [2.45, 2.75) is 124 Å². The van der Waals surface area contributed by atoms with Crippen LogP contribution in [-0.2, 0) is 0 Å². The highest BCUT2D eigenvalue weighted by atomic mass is 14.0. The third-order valence-electron chi connectivity index (χ3n) is 1.77.